The number of hydrogen-bond donors (Lipinski definition) is 2. The third kappa shape index (κ3) is 5.51. The number of halogens is 1. The summed E-state index contributed by atoms with van der Waals surface area (Å²) in [6.45, 7) is 4.72. The number of methoxy groups -OCH3 is 2. The summed E-state index contributed by atoms with van der Waals surface area (Å²) in [7, 11) is 3.12. The van der Waals surface area contributed by atoms with Gasteiger partial charge in [-0.05, 0) is 80.9 Å². The average molecular weight is 518 g/mol. The van der Waals surface area contributed by atoms with Crippen LogP contribution in [0.4, 0.5) is 15.8 Å². The predicted octanol–water partition coefficient (Wildman–Crippen LogP) is 6.10. The highest BCUT2D eigenvalue weighted by Gasteiger charge is 2.36. The Balaban J connectivity index is 1.46. The Morgan fingerprint density at radius 2 is 1.50 bits per heavy atom. The quantitative estimate of drug-likeness (QED) is 0.274. The molecule has 0 fully saturated rings. The molecular weight excluding hydrogens is 489 g/mol. The van der Waals surface area contributed by atoms with Crippen LogP contribution in [-0.2, 0) is 9.59 Å². The van der Waals surface area contributed by atoms with E-state index in [2.05, 4.69) is 15.6 Å². The molecule has 0 radical (unpaired) electrons. The van der Waals surface area contributed by atoms with E-state index in [4.69, 9.17) is 14.2 Å². The van der Waals surface area contributed by atoms with Crippen LogP contribution in [0, 0.1) is 18.2 Å². The summed E-state index contributed by atoms with van der Waals surface area (Å²) in [4.78, 5) is 30.2. The molecule has 0 saturated heterocycles. The Morgan fingerprint density at radius 3 is 2.16 bits per heavy atom. The van der Waals surface area contributed by atoms with Gasteiger partial charge in [0.2, 0.25) is 11.8 Å². The first-order chi connectivity index (χ1) is 18.1. The summed E-state index contributed by atoms with van der Waals surface area (Å²) in [6, 6.07) is 16.1. The molecule has 0 aliphatic heterocycles. The van der Waals surface area contributed by atoms with Crippen LogP contribution in [0.25, 0.3) is 10.9 Å². The number of rotatable bonds is 8. The largest absolute Gasteiger partial charge is 0.493 e. The smallest absolute Gasteiger partial charge is 0.239 e. The molecule has 38 heavy (non-hydrogen) atoms. The molecule has 0 bridgehead atoms. The van der Waals surface area contributed by atoms with Crippen molar-refractivity contribution in [2.45, 2.75) is 20.8 Å². The van der Waals surface area contributed by atoms with E-state index < -0.39 is 23.0 Å². The van der Waals surface area contributed by atoms with Gasteiger partial charge in [-0.25, -0.2) is 4.39 Å². The van der Waals surface area contributed by atoms with E-state index in [1.807, 2.05) is 0 Å². The molecule has 0 aliphatic rings. The maximum Gasteiger partial charge on any atom is 0.239 e. The number of aryl methyl sites for hydroxylation is 1. The van der Waals surface area contributed by atoms with Crippen LogP contribution >= 0.6 is 0 Å². The van der Waals surface area contributed by atoms with Gasteiger partial charge in [0.05, 0.1) is 19.7 Å². The topological polar surface area (TPSA) is 98.8 Å². The van der Waals surface area contributed by atoms with Crippen LogP contribution in [0.15, 0.2) is 66.9 Å². The van der Waals surface area contributed by atoms with Crippen LogP contribution in [0.1, 0.15) is 19.4 Å². The number of hydrogen-bond acceptors (Lipinski definition) is 6. The van der Waals surface area contributed by atoms with Gasteiger partial charge < -0.3 is 24.8 Å². The molecule has 196 valence electrons. The number of ether oxygens (including phenoxy) is 3. The molecule has 0 spiro atoms. The zero-order valence-electron chi connectivity index (χ0n) is 21.7. The van der Waals surface area contributed by atoms with Crippen molar-refractivity contribution in [3.63, 3.8) is 0 Å². The van der Waals surface area contributed by atoms with Gasteiger partial charge in [0, 0.05) is 29.0 Å². The van der Waals surface area contributed by atoms with E-state index in [1.165, 1.54) is 32.0 Å². The van der Waals surface area contributed by atoms with Gasteiger partial charge in [-0.2, -0.15) is 0 Å². The van der Waals surface area contributed by atoms with Crippen LogP contribution in [0.5, 0.6) is 23.0 Å². The molecule has 3 aromatic carbocycles. The first-order valence-corrected chi connectivity index (χ1v) is 11.8. The van der Waals surface area contributed by atoms with Gasteiger partial charge in [-0.15, -0.1) is 0 Å². The Kier molecular flexibility index (Phi) is 7.47. The Labute approximate surface area is 219 Å². The number of fused-ring (bicyclic) bond motifs is 1. The second kappa shape index (κ2) is 10.8. The number of aromatic nitrogens is 1. The fourth-order valence-corrected chi connectivity index (χ4v) is 3.71. The standard InChI is InChI=1S/C29H28FN3O5/c1-17-14-18(30)6-11-22(17)33-28(35)29(2,3)27(34)32-19-7-9-20(10-8-19)38-24-12-13-31-23-16-26(37-5)25(36-4)15-21(23)24/h6-16H,1-5H3,(H,32,34)(H,33,35). The molecular formula is C29H28FN3O5. The summed E-state index contributed by atoms with van der Waals surface area (Å²) in [5, 5.41) is 6.21. The number of nitrogens with one attached hydrogen (secondary N) is 2. The predicted molar refractivity (Wildman–Crippen MR) is 144 cm³/mol. The Bertz CT molecular complexity index is 1500. The zero-order valence-corrected chi connectivity index (χ0v) is 21.7. The summed E-state index contributed by atoms with van der Waals surface area (Å²) in [6.07, 6.45) is 1.64. The highest BCUT2D eigenvalue weighted by atomic mass is 19.1. The molecule has 2 N–H and O–H groups in total. The van der Waals surface area contributed by atoms with Crippen molar-refractivity contribution in [3.05, 3.63) is 78.2 Å². The van der Waals surface area contributed by atoms with Crippen LogP contribution in [-0.4, -0.2) is 31.0 Å². The van der Waals surface area contributed by atoms with Gasteiger partial charge in [0.25, 0.3) is 0 Å². The fourth-order valence-electron chi connectivity index (χ4n) is 3.71. The third-order valence-electron chi connectivity index (χ3n) is 6.12. The minimum Gasteiger partial charge on any atom is -0.493 e. The fraction of sp³-hybridized carbons (Fsp3) is 0.207. The average Bonchev–Trinajstić information content (AvgIpc) is 2.90. The Morgan fingerprint density at radius 1 is 0.842 bits per heavy atom. The highest BCUT2D eigenvalue weighted by Crippen LogP contribution is 2.37. The molecule has 4 rings (SSSR count). The Hall–Kier alpha value is -4.66. The molecule has 9 heteroatoms. The van der Waals surface area contributed by atoms with Crippen molar-refractivity contribution >= 4 is 34.1 Å². The summed E-state index contributed by atoms with van der Waals surface area (Å²) in [5.41, 5.74) is 0.780. The first kappa shape index (κ1) is 26.4. The number of carbonyl (C=O) groups excluding carboxylic acids is 2. The number of pyridine rings is 1. The van der Waals surface area contributed by atoms with Crippen molar-refractivity contribution in [3.8, 4) is 23.0 Å². The van der Waals surface area contributed by atoms with Crippen molar-refractivity contribution in [2.24, 2.45) is 5.41 Å². The van der Waals surface area contributed by atoms with Gasteiger partial charge >= 0.3 is 0 Å². The summed E-state index contributed by atoms with van der Waals surface area (Å²) in [5.74, 6) is 0.815. The highest BCUT2D eigenvalue weighted by molar-refractivity contribution is 6.14. The second-order valence-electron chi connectivity index (χ2n) is 9.15. The number of amides is 2. The molecule has 0 atom stereocenters. The minimum absolute atomic E-state index is 0.401. The molecule has 1 heterocycles. The molecule has 0 saturated carbocycles. The lowest BCUT2D eigenvalue weighted by atomic mass is 9.90. The van der Waals surface area contributed by atoms with Crippen molar-refractivity contribution in [1.82, 2.24) is 4.98 Å². The summed E-state index contributed by atoms with van der Waals surface area (Å²) < 4.78 is 30.2. The molecule has 0 aliphatic carbocycles. The van der Waals surface area contributed by atoms with E-state index >= 15 is 0 Å². The van der Waals surface area contributed by atoms with Gasteiger partial charge in [0.1, 0.15) is 22.7 Å². The van der Waals surface area contributed by atoms with Crippen LogP contribution in [0.2, 0.25) is 0 Å². The number of anilines is 2. The van der Waals surface area contributed by atoms with E-state index in [0.717, 1.165) is 5.39 Å². The third-order valence-corrected chi connectivity index (χ3v) is 6.12. The van der Waals surface area contributed by atoms with E-state index in [0.29, 0.717) is 45.5 Å². The van der Waals surface area contributed by atoms with Crippen molar-refractivity contribution in [1.29, 1.82) is 0 Å². The van der Waals surface area contributed by atoms with E-state index in [-0.39, 0.29) is 0 Å². The molecule has 0 unspecified atom stereocenters. The summed E-state index contributed by atoms with van der Waals surface area (Å²) >= 11 is 0. The van der Waals surface area contributed by atoms with E-state index in [9.17, 15) is 14.0 Å². The molecule has 4 aromatic rings. The number of benzene rings is 3. The van der Waals surface area contributed by atoms with Crippen LogP contribution < -0.4 is 24.8 Å². The second-order valence-corrected chi connectivity index (χ2v) is 9.15. The van der Waals surface area contributed by atoms with Gasteiger partial charge in [-0.3, -0.25) is 14.6 Å². The normalized spacial score (nSPS) is 11.1. The molecule has 2 amide bonds. The minimum atomic E-state index is -1.40. The van der Waals surface area contributed by atoms with Gasteiger partial charge in [-0.1, -0.05) is 0 Å². The molecule has 8 nitrogen and oxygen atoms in total. The lowest BCUT2D eigenvalue weighted by molar-refractivity contribution is -0.135. The number of carbonyl (C=O) groups is 2. The first-order valence-electron chi connectivity index (χ1n) is 11.8. The lowest BCUT2D eigenvalue weighted by Gasteiger charge is -2.23. The van der Waals surface area contributed by atoms with Gasteiger partial charge in [0.15, 0.2) is 11.5 Å². The maximum absolute atomic E-state index is 13.4. The van der Waals surface area contributed by atoms with Crippen molar-refractivity contribution < 1.29 is 28.2 Å². The molecule has 1 aromatic heterocycles. The van der Waals surface area contributed by atoms with E-state index in [1.54, 1.807) is 69.8 Å². The lowest BCUT2D eigenvalue weighted by Crippen LogP contribution is -2.41. The SMILES string of the molecule is COc1cc2nccc(Oc3ccc(NC(=O)C(C)(C)C(=O)Nc4ccc(F)cc4C)cc3)c2cc1OC. The van der Waals surface area contributed by atoms with Crippen molar-refractivity contribution in [2.75, 3.05) is 24.9 Å². The monoisotopic (exact) mass is 517 g/mol. The number of nitrogens with zero attached hydrogens (tertiary/aromatic N) is 1. The zero-order chi connectivity index (χ0) is 27.4. The van der Waals surface area contributed by atoms with Crippen LogP contribution in [0.3, 0.4) is 0 Å². The maximum atomic E-state index is 13.4.